The number of aromatic nitrogens is 2. The molecule has 1 atom stereocenters. The summed E-state index contributed by atoms with van der Waals surface area (Å²) in [6.45, 7) is 6.07. The maximum atomic E-state index is 10.9. The zero-order chi connectivity index (χ0) is 11.3. The Bertz CT molecular complexity index is 321. The molecular weight excluding hydrogens is 192 g/mol. The molecule has 1 aromatic heterocycles. The van der Waals surface area contributed by atoms with Gasteiger partial charge in [0, 0.05) is 18.9 Å². The number of primary amides is 1. The Morgan fingerprint density at radius 2 is 2.47 bits per heavy atom. The fourth-order valence-corrected chi connectivity index (χ4v) is 1.30. The van der Waals surface area contributed by atoms with Crippen molar-refractivity contribution in [3.05, 3.63) is 18.2 Å². The van der Waals surface area contributed by atoms with E-state index >= 15 is 0 Å². The van der Waals surface area contributed by atoms with E-state index in [1.54, 1.807) is 6.20 Å². The van der Waals surface area contributed by atoms with Crippen molar-refractivity contribution in [3.8, 4) is 0 Å². The third kappa shape index (κ3) is 3.36. The third-order valence-corrected chi connectivity index (χ3v) is 2.29. The Balaban J connectivity index is 2.60. The Kier molecular flexibility index (Phi) is 4.30. The van der Waals surface area contributed by atoms with Crippen LogP contribution in [0.15, 0.2) is 12.4 Å². The van der Waals surface area contributed by atoms with Gasteiger partial charge in [-0.2, -0.15) is 0 Å². The Morgan fingerprint density at radius 1 is 1.73 bits per heavy atom. The molecule has 0 saturated heterocycles. The number of amides is 1. The molecule has 0 aliphatic heterocycles. The van der Waals surface area contributed by atoms with Crippen LogP contribution < -0.4 is 11.1 Å². The van der Waals surface area contributed by atoms with Gasteiger partial charge >= 0.3 is 0 Å². The first kappa shape index (κ1) is 11.7. The molecule has 0 spiro atoms. The lowest BCUT2D eigenvalue weighted by atomic mass is 10.2. The molecular formula is C10H18N4O. The molecule has 15 heavy (non-hydrogen) atoms. The quantitative estimate of drug-likeness (QED) is 0.700. The first-order valence-corrected chi connectivity index (χ1v) is 5.15. The van der Waals surface area contributed by atoms with Crippen LogP contribution >= 0.6 is 0 Å². The second kappa shape index (κ2) is 5.50. The maximum absolute atomic E-state index is 10.9. The second-order valence-electron chi connectivity index (χ2n) is 3.58. The average molecular weight is 210 g/mol. The molecule has 1 heterocycles. The number of nitrogens with one attached hydrogen (secondary N) is 1. The van der Waals surface area contributed by atoms with Crippen LogP contribution in [0.2, 0.25) is 0 Å². The molecule has 0 aromatic carbocycles. The average Bonchev–Trinajstić information content (AvgIpc) is 2.62. The molecule has 1 unspecified atom stereocenters. The molecule has 84 valence electrons. The topological polar surface area (TPSA) is 72.9 Å². The summed E-state index contributed by atoms with van der Waals surface area (Å²) in [6.07, 6.45) is 3.60. The number of rotatable bonds is 6. The number of hydrogen-bond donors (Lipinski definition) is 2. The molecule has 1 rings (SSSR count). The van der Waals surface area contributed by atoms with Crippen LogP contribution in [0.5, 0.6) is 0 Å². The van der Waals surface area contributed by atoms with Crippen molar-refractivity contribution in [1.29, 1.82) is 0 Å². The highest BCUT2D eigenvalue weighted by Crippen LogP contribution is 2.03. The number of hydrogen-bond acceptors (Lipinski definition) is 3. The van der Waals surface area contributed by atoms with Gasteiger partial charge in [-0.3, -0.25) is 4.79 Å². The fourth-order valence-electron chi connectivity index (χ4n) is 1.30. The molecule has 3 N–H and O–H groups in total. The molecule has 5 nitrogen and oxygen atoms in total. The van der Waals surface area contributed by atoms with Gasteiger partial charge in [-0.15, -0.1) is 0 Å². The van der Waals surface area contributed by atoms with Crippen molar-refractivity contribution in [1.82, 2.24) is 14.9 Å². The minimum absolute atomic E-state index is 0.167. The van der Waals surface area contributed by atoms with Gasteiger partial charge in [-0.05, 0) is 6.54 Å². The molecule has 0 aliphatic rings. The molecule has 1 amide bonds. The predicted molar refractivity (Wildman–Crippen MR) is 58.0 cm³/mol. The van der Waals surface area contributed by atoms with E-state index in [2.05, 4.69) is 10.3 Å². The summed E-state index contributed by atoms with van der Waals surface area (Å²) in [5.41, 5.74) is 5.21. The van der Waals surface area contributed by atoms with Crippen molar-refractivity contribution in [3.63, 3.8) is 0 Å². The minimum atomic E-state index is -0.280. The summed E-state index contributed by atoms with van der Waals surface area (Å²) >= 11 is 0. The molecule has 5 heteroatoms. The fraction of sp³-hybridized carbons (Fsp3) is 0.600. The van der Waals surface area contributed by atoms with Gasteiger partial charge < -0.3 is 15.6 Å². The SMILES string of the molecule is CCNCc1nccn1CC(C)C(N)=O. The number of carbonyl (C=O) groups excluding carboxylic acids is 1. The largest absolute Gasteiger partial charge is 0.369 e. The number of nitrogens with zero attached hydrogens (tertiary/aromatic N) is 2. The van der Waals surface area contributed by atoms with Gasteiger partial charge in [0.25, 0.3) is 0 Å². The van der Waals surface area contributed by atoms with E-state index in [0.717, 1.165) is 18.9 Å². The van der Waals surface area contributed by atoms with Gasteiger partial charge in [0.1, 0.15) is 5.82 Å². The van der Waals surface area contributed by atoms with E-state index in [9.17, 15) is 4.79 Å². The molecule has 0 saturated carbocycles. The lowest BCUT2D eigenvalue weighted by molar-refractivity contribution is -0.121. The Labute approximate surface area is 89.7 Å². The van der Waals surface area contributed by atoms with Crippen LogP contribution in [-0.4, -0.2) is 22.0 Å². The van der Waals surface area contributed by atoms with E-state index in [0.29, 0.717) is 6.54 Å². The molecule has 0 aliphatic carbocycles. The van der Waals surface area contributed by atoms with Gasteiger partial charge in [0.05, 0.1) is 12.5 Å². The predicted octanol–water partition coefficient (Wildman–Crippen LogP) is 0.114. The number of carbonyl (C=O) groups is 1. The summed E-state index contributed by atoms with van der Waals surface area (Å²) in [5, 5.41) is 3.19. The van der Waals surface area contributed by atoms with Crippen LogP contribution in [0.1, 0.15) is 19.7 Å². The van der Waals surface area contributed by atoms with Crippen LogP contribution in [0.4, 0.5) is 0 Å². The van der Waals surface area contributed by atoms with E-state index in [1.165, 1.54) is 0 Å². The smallest absolute Gasteiger partial charge is 0.222 e. The summed E-state index contributed by atoms with van der Waals surface area (Å²) in [6, 6.07) is 0. The summed E-state index contributed by atoms with van der Waals surface area (Å²) in [4.78, 5) is 15.1. The van der Waals surface area contributed by atoms with Crippen LogP contribution in [0.3, 0.4) is 0 Å². The van der Waals surface area contributed by atoms with Crippen molar-refractivity contribution < 1.29 is 4.79 Å². The highest BCUT2D eigenvalue weighted by atomic mass is 16.1. The number of nitrogens with two attached hydrogens (primary N) is 1. The van der Waals surface area contributed by atoms with E-state index in [1.807, 2.05) is 24.6 Å². The summed E-state index contributed by atoms with van der Waals surface area (Å²) < 4.78 is 1.96. The zero-order valence-corrected chi connectivity index (χ0v) is 9.23. The maximum Gasteiger partial charge on any atom is 0.222 e. The molecule has 0 fully saturated rings. The van der Waals surface area contributed by atoms with Gasteiger partial charge in [0.15, 0.2) is 0 Å². The van der Waals surface area contributed by atoms with E-state index < -0.39 is 0 Å². The molecule has 0 radical (unpaired) electrons. The lowest BCUT2D eigenvalue weighted by Crippen LogP contribution is -2.26. The highest BCUT2D eigenvalue weighted by Gasteiger charge is 2.11. The first-order chi connectivity index (χ1) is 7.15. The standard InChI is InChI=1S/C10H18N4O/c1-3-12-6-9-13-4-5-14(9)7-8(2)10(11)15/h4-5,8,12H,3,6-7H2,1-2H3,(H2,11,15). The highest BCUT2D eigenvalue weighted by molar-refractivity contribution is 5.76. The third-order valence-electron chi connectivity index (χ3n) is 2.29. The Morgan fingerprint density at radius 3 is 3.07 bits per heavy atom. The van der Waals surface area contributed by atoms with Gasteiger partial charge in [-0.1, -0.05) is 13.8 Å². The molecule has 1 aromatic rings. The van der Waals surface area contributed by atoms with Crippen molar-refractivity contribution >= 4 is 5.91 Å². The summed E-state index contributed by atoms with van der Waals surface area (Å²) in [5.74, 6) is 0.489. The van der Waals surface area contributed by atoms with Crippen LogP contribution in [0.25, 0.3) is 0 Å². The minimum Gasteiger partial charge on any atom is -0.369 e. The monoisotopic (exact) mass is 210 g/mol. The van der Waals surface area contributed by atoms with Crippen LogP contribution in [-0.2, 0) is 17.9 Å². The first-order valence-electron chi connectivity index (χ1n) is 5.15. The van der Waals surface area contributed by atoms with Crippen molar-refractivity contribution in [2.75, 3.05) is 6.54 Å². The normalized spacial score (nSPS) is 12.7. The summed E-state index contributed by atoms with van der Waals surface area (Å²) in [7, 11) is 0. The molecule has 0 bridgehead atoms. The van der Waals surface area contributed by atoms with Gasteiger partial charge in [-0.25, -0.2) is 4.98 Å². The van der Waals surface area contributed by atoms with Gasteiger partial charge in [0.2, 0.25) is 5.91 Å². The van der Waals surface area contributed by atoms with E-state index in [4.69, 9.17) is 5.73 Å². The second-order valence-corrected chi connectivity index (χ2v) is 3.58. The Hall–Kier alpha value is -1.36. The number of imidazole rings is 1. The van der Waals surface area contributed by atoms with E-state index in [-0.39, 0.29) is 11.8 Å². The van der Waals surface area contributed by atoms with Crippen LogP contribution in [0, 0.1) is 5.92 Å². The zero-order valence-electron chi connectivity index (χ0n) is 9.23. The lowest BCUT2D eigenvalue weighted by Gasteiger charge is -2.11. The van der Waals surface area contributed by atoms with Crippen molar-refractivity contribution in [2.45, 2.75) is 26.9 Å². The van der Waals surface area contributed by atoms with Crippen molar-refractivity contribution in [2.24, 2.45) is 11.7 Å².